The largest absolute Gasteiger partial charge is 0.383 e. The number of benzene rings is 1. The first-order valence-electron chi connectivity index (χ1n) is 6.19. The first-order valence-corrected chi connectivity index (χ1v) is 6.73. The summed E-state index contributed by atoms with van der Waals surface area (Å²) < 4.78 is 7.49. The van der Waals surface area contributed by atoms with Crippen molar-refractivity contribution in [2.24, 2.45) is 0 Å². The molecule has 3 nitrogen and oxygen atoms in total. The van der Waals surface area contributed by atoms with Crippen LogP contribution in [0.1, 0.15) is 24.4 Å². The van der Waals surface area contributed by atoms with E-state index in [1.54, 1.807) is 7.11 Å². The van der Waals surface area contributed by atoms with Crippen molar-refractivity contribution in [1.82, 2.24) is 9.55 Å². The number of rotatable bonds is 5. The van der Waals surface area contributed by atoms with E-state index in [0.717, 1.165) is 23.3 Å². The van der Waals surface area contributed by atoms with Gasteiger partial charge >= 0.3 is 0 Å². The molecule has 1 unspecified atom stereocenters. The maximum Gasteiger partial charge on any atom is 0.111 e. The van der Waals surface area contributed by atoms with Gasteiger partial charge in [-0.3, -0.25) is 0 Å². The van der Waals surface area contributed by atoms with Crippen molar-refractivity contribution in [3.8, 4) is 0 Å². The zero-order valence-electron chi connectivity index (χ0n) is 11.1. The van der Waals surface area contributed by atoms with Crippen molar-refractivity contribution in [3.05, 3.63) is 29.6 Å². The zero-order valence-corrected chi connectivity index (χ0v) is 11.9. The molecule has 0 N–H and O–H groups in total. The Hall–Kier alpha value is -1.06. The van der Waals surface area contributed by atoms with Gasteiger partial charge in [0.15, 0.2) is 0 Å². The number of methoxy groups -OCH3 is 1. The topological polar surface area (TPSA) is 27.1 Å². The average Bonchev–Trinajstić information content (AvgIpc) is 2.67. The average molecular weight is 267 g/mol. The number of aromatic nitrogens is 2. The third-order valence-electron chi connectivity index (χ3n) is 3.08. The molecular weight excluding hydrogens is 248 g/mol. The van der Waals surface area contributed by atoms with Crippen molar-refractivity contribution in [1.29, 1.82) is 0 Å². The molecule has 0 aliphatic heterocycles. The van der Waals surface area contributed by atoms with Crippen molar-refractivity contribution in [2.45, 2.75) is 26.3 Å². The molecule has 0 fully saturated rings. The highest BCUT2D eigenvalue weighted by Gasteiger charge is 2.15. The summed E-state index contributed by atoms with van der Waals surface area (Å²) in [7, 11) is 1.72. The summed E-state index contributed by atoms with van der Waals surface area (Å²) in [6, 6.07) is 6.62. The van der Waals surface area contributed by atoms with Crippen LogP contribution >= 0.6 is 11.6 Å². The molecule has 2 aromatic rings. The van der Waals surface area contributed by atoms with Gasteiger partial charge in [0.05, 0.1) is 23.7 Å². The monoisotopic (exact) mass is 266 g/mol. The van der Waals surface area contributed by atoms with E-state index in [2.05, 4.69) is 41.6 Å². The molecular formula is C14H19ClN2O. The molecule has 0 saturated carbocycles. The molecule has 98 valence electrons. The third-order valence-corrected chi connectivity index (χ3v) is 3.27. The van der Waals surface area contributed by atoms with E-state index in [1.165, 1.54) is 5.56 Å². The summed E-state index contributed by atoms with van der Waals surface area (Å²) in [6.07, 6.45) is 0.781. The van der Waals surface area contributed by atoms with Crippen LogP contribution in [0.25, 0.3) is 11.0 Å². The molecule has 1 aromatic carbocycles. The van der Waals surface area contributed by atoms with Crippen LogP contribution in [0, 0.1) is 6.92 Å². The number of fused-ring (bicyclic) bond motifs is 1. The standard InChI is InChI=1S/C14H19ClN2O/c1-10-4-5-13-12(8-10)16-14(6-7-15)17(13)11(2)9-18-3/h4-5,8,11H,6-7,9H2,1-3H3. The van der Waals surface area contributed by atoms with Gasteiger partial charge in [-0.1, -0.05) is 6.07 Å². The maximum atomic E-state index is 5.86. The Kier molecular flexibility index (Phi) is 4.25. The van der Waals surface area contributed by atoms with Crippen LogP contribution in [0.2, 0.25) is 0 Å². The summed E-state index contributed by atoms with van der Waals surface area (Å²) in [6.45, 7) is 4.90. The minimum absolute atomic E-state index is 0.265. The number of halogens is 1. The zero-order chi connectivity index (χ0) is 13.1. The van der Waals surface area contributed by atoms with Gasteiger partial charge in [-0.2, -0.15) is 0 Å². The van der Waals surface area contributed by atoms with E-state index in [9.17, 15) is 0 Å². The quantitative estimate of drug-likeness (QED) is 0.776. The first-order chi connectivity index (χ1) is 8.67. The van der Waals surface area contributed by atoms with Crippen LogP contribution in [0.5, 0.6) is 0 Å². The summed E-state index contributed by atoms with van der Waals surface area (Å²) >= 11 is 5.86. The lowest BCUT2D eigenvalue weighted by molar-refractivity contribution is 0.162. The van der Waals surface area contributed by atoms with Crippen LogP contribution < -0.4 is 0 Å². The SMILES string of the molecule is COCC(C)n1c(CCCl)nc2cc(C)ccc21. The molecule has 0 radical (unpaired) electrons. The Morgan fingerprint density at radius 3 is 2.89 bits per heavy atom. The van der Waals surface area contributed by atoms with Crippen LogP contribution in [-0.4, -0.2) is 29.1 Å². The Morgan fingerprint density at radius 2 is 2.22 bits per heavy atom. The van der Waals surface area contributed by atoms with Crippen LogP contribution in [0.4, 0.5) is 0 Å². The number of nitrogens with zero attached hydrogens (tertiary/aromatic N) is 2. The Balaban J connectivity index is 2.54. The lowest BCUT2D eigenvalue weighted by Gasteiger charge is -2.16. The van der Waals surface area contributed by atoms with E-state index < -0.39 is 0 Å². The molecule has 0 aliphatic rings. The van der Waals surface area contributed by atoms with E-state index in [4.69, 9.17) is 16.3 Å². The summed E-state index contributed by atoms with van der Waals surface area (Å²) in [5, 5.41) is 0. The van der Waals surface area contributed by atoms with Gasteiger partial charge < -0.3 is 9.30 Å². The predicted octanol–water partition coefficient (Wildman–Crippen LogP) is 3.33. The Bertz CT molecular complexity index is 536. The van der Waals surface area contributed by atoms with Gasteiger partial charge in [-0.15, -0.1) is 11.6 Å². The van der Waals surface area contributed by atoms with Crippen molar-refractivity contribution < 1.29 is 4.74 Å². The highest BCUT2D eigenvalue weighted by Crippen LogP contribution is 2.23. The maximum absolute atomic E-state index is 5.86. The van der Waals surface area contributed by atoms with Gasteiger partial charge in [-0.25, -0.2) is 4.98 Å². The van der Waals surface area contributed by atoms with Crippen LogP contribution in [0.15, 0.2) is 18.2 Å². The number of imidazole rings is 1. The number of hydrogen-bond acceptors (Lipinski definition) is 2. The second-order valence-electron chi connectivity index (χ2n) is 4.63. The molecule has 0 bridgehead atoms. The van der Waals surface area contributed by atoms with Crippen LogP contribution in [-0.2, 0) is 11.2 Å². The second-order valence-corrected chi connectivity index (χ2v) is 5.01. The summed E-state index contributed by atoms with van der Waals surface area (Å²) in [5.41, 5.74) is 3.42. The Morgan fingerprint density at radius 1 is 1.44 bits per heavy atom. The van der Waals surface area contributed by atoms with Gasteiger partial charge in [0, 0.05) is 19.4 Å². The molecule has 1 heterocycles. The smallest absolute Gasteiger partial charge is 0.111 e. The van der Waals surface area contributed by atoms with Gasteiger partial charge in [0.25, 0.3) is 0 Å². The van der Waals surface area contributed by atoms with Crippen molar-refractivity contribution >= 4 is 22.6 Å². The second kappa shape index (κ2) is 5.72. The number of aryl methyl sites for hydroxylation is 2. The molecule has 4 heteroatoms. The van der Waals surface area contributed by atoms with Crippen molar-refractivity contribution in [3.63, 3.8) is 0 Å². The number of alkyl halides is 1. The fraction of sp³-hybridized carbons (Fsp3) is 0.500. The van der Waals surface area contributed by atoms with E-state index in [1.807, 2.05) is 0 Å². The molecule has 0 aliphatic carbocycles. The summed E-state index contributed by atoms with van der Waals surface area (Å²) in [5.74, 6) is 1.62. The van der Waals surface area contributed by atoms with E-state index in [0.29, 0.717) is 12.5 Å². The third kappa shape index (κ3) is 2.52. The summed E-state index contributed by atoms with van der Waals surface area (Å²) in [4.78, 5) is 4.69. The van der Waals surface area contributed by atoms with E-state index in [-0.39, 0.29) is 6.04 Å². The van der Waals surface area contributed by atoms with Crippen LogP contribution in [0.3, 0.4) is 0 Å². The number of ether oxygens (including phenoxy) is 1. The highest BCUT2D eigenvalue weighted by atomic mass is 35.5. The Labute approximate surface area is 113 Å². The first kappa shape index (κ1) is 13.4. The molecule has 1 atom stereocenters. The molecule has 0 spiro atoms. The number of hydrogen-bond donors (Lipinski definition) is 0. The fourth-order valence-electron chi connectivity index (χ4n) is 2.33. The normalized spacial score (nSPS) is 13.1. The van der Waals surface area contributed by atoms with Gasteiger partial charge in [0.2, 0.25) is 0 Å². The predicted molar refractivity (Wildman–Crippen MR) is 75.5 cm³/mol. The fourth-order valence-corrected chi connectivity index (χ4v) is 2.50. The highest BCUT2D eigenvalue weighted by molar-refractivity contribution is 6.17. The molecule has 1 aromatic heterocycles. The lowest BCUT2D eigenvalue weighted by atomic mass is 10.2. The molecule has 0 saturated heterocycles. The molecule has 2 rings (SSSR count). The van der Waals surface area contributed by atoms with Gasteiger partial charge in [-0.05, 0) is 31.5 Å². The lowest BCUT2D eigenvalue weighted by Crippen LogP contribution is -2.14. The van der Waals surface area contributed by atoms with Crippen molar-refractivity contribution in [2.75, 3.05) is 19.6 Å². The van der Waals surface area contributed by atoms with Gasteiger partial charge in [0.1, 0.15) is 5.82 Å². The minimum atomic E-state index is 0.265. The molecule has 0 amide bonds. The van der Waals surface area contributed by atoms with E-state index >= 15 is 0 Å². The molecule has 18 heavy (non-hydrogen) atoms. The minimum Gasteiger partial charge on any atom is -0.383 e.